The van der Waals surface area contributed by atoms with Crippen LogP contribution >= 0.6 is 0 Å². The van der Waals surface area contributed by atoms with E-state index in [0.717, 1.165) is 11.1 Å². The first-order chi connectivity index (χ1) is 9.60. The maximum Gasteiger partial charge on any atom is 0.488 e. The van der Waals surface area contributed by atoms with Crippen LogP contribution in [0.1, 0.15) is 16.7 Å². The minimum atomic E-state index is -1.47. The quantitative estimate of drug-likeness (QED) is 0.814. The SMILES string of the molecule is Cc1cc(B(O)O)ccc1OCc1ccc(C#N)cc1. The lowest BCUT2D eigenvalue weighted by molar-refractivity contribution is 0.304. The van der Waals surface area contributed by atoms with Crippen molar-refractivity contribution in [3.05, 3.63) is 59.2 Å². The van der Waals surface area contributed by atoms with Crippen molar-refractivity contribution in [3.63, 3.8) is 0 Å². The topological polar surface area (TPSA) is 73.5 Å². The highest BCUT2D eigenvalue weighted by Gasteiger charge is 2.12. The standard InChI is InChI=1S/C15H14BNO3/c1-11-8-14(16(18)19)6-7-15(11)20-10-13-4-2-12(9-17)3-5-13/h2-8,18-19H,10H2,1H3. The Bertz CT molecular complexity index is 633. The van der Waals surface area contributed by atoms with Gasteiger partial charge in [-0.15, -0.1) is 0 Å². The minimum Gasteiger partial charge on any atom is -0.489 e. The summed E-state index contributed by atoms with van der Waals surface area (Å²) in [6, 6.07) is 14.3. The van der Waals surface area contributed by atoms with Crippen LogP contribution in [0.25, 0.3) is 0 Å². The van der Waals surface area contributed by atoms with E-state index < -0.39 is 7.12 Å². The molecule has 2 aromatic carbocycles. The fourth-order valence-corrected chi connectivity index (χ4v) is 1.83. The van der Waals surface area contributed by atoms with E-state index in [4.69, 9.17) is 20.0 Å². The molecule has 2 rings (SSSR count). The van der Waals surface area contributed by atoms with Crippen LogP contribution in [0.3, 0.4) is 0 Å². The summed E-state index contributed by atoms with van der Waals surface area (Å²) in [7, 11) is -1.47. The fourth-order valence-electron chi connectivity index (χ4n) is 1.83. The van der Waals surface area contributed by atoms with E-state index in [2.05, 4.69) is 6.07 Å². The van der Waals surface area contributed by atoms with Gasteiger partial charge in [0.2, 0.25) is 0 Å². The Morgan fingerprint density at radius 3 is 2.40 bits per heavy atom. The molecule has 0 saturated carbocycles. The number of ether oxygens (including phenoxy) is 1. The Balaban J connectivity index is 2.05. The van der Waals surface area contributed by atoms with Gasteiger partial charge in [0.25, 0.3) is 0 Å². The maximum atomic E-state index is 9.08. The van der Waals surface area contributed by atoms with Gasteiger partial charge in [-0.05, 0) is 41.7 Å². The lowest BCUT2D eigenvalue weighted by Crippen LogP contribution is -2.29. The van der Waals surface area contributed by atoms with Gasteiger partial charge in [-0.2, -0.15) is 5.26 Å². The summed E-state index contributed by atoms with van der Waals surface area (Å²) in [4.78, 5) is 0. The van der Waals surface area contributed by atoms with Gasteiger partial charge in [-0.25, -0.2) is 0 Å². The number of rotatable bonds is 4. The summed E-state index contributed by atoms with van der Waals surface area (Å²) < 4.78 is 5.68. The molecule has 4 nitrogen and oxygen atoms in total. The van der Waals surface area contributed by atoms with Gasteiger partial charge in [0.05, 0.1) is 11.6 Å². The third-order valence-electron chi connectivity index (χ3n) is 2.97. The number of nitriles is 1. The molecule has 0 aliphatic carbocycles. The van der Waals surface area contributed by atoms with Crippen LogP contribution in [0.4, 0.5) is 0 Å². The van der Waals surface area contributed by atoms with Gasteiger partial charge >= 0.3 is 7.12 Å². The summed E-state index contributed by atoms with van der Waals surface area (Å²) >= 11 is 0. The molecule has 5 heteroatoms. The van der Waals surface area contributed by atoms with Gasteiger partial charge in [0.1, 0.15) is 12.4 Å². The third kappa shape index (κ3) is 3.38. The largest absolute Gasteiger partial charge is 0.489 e. The average Bonchev–Trinajstić information content (AvgIpc) is 2.46. The molecule has 0 amide bonds. The van der Waals surface area contributed by atoms with E-state index in [1.165, 1.54) is 0 Å². The monoisotopic (exact) mass is 267 g/mol. The minimum absolute atomic E-state index is 0.396. The van der Waals surface area contributed by atoms with Crippen molar-refractivity contribution in [1.82, 2.24) is 0 Å². The average molecular weight is 267 g/mol. The summed E-state index contributed by atoms with van der Waals surface area (Å²) in [6.45, 7) is 2.24. The molecule has 0 atom stereocenters. The number of hydrogen-bond donors (Lipinski definition) is 2. The molecular formula is C15H14BNO3. The van der Waals surface area contributed by atoms with Crippen molar-refractivity contribution in [1.29, 1.82) is 5.26 Å². The van der Waals surface area contributed by atoms with Crippen LogP contribution in [-0.4, -0.2) is 17.2 Å². The van der Waals surface area contributed by atoms with Crippen molar-refractivity contribution in [2.45, 2.75) is 13.5 Å². The van der Waals surface area contributed by atoms with Crippen molar-refractivity contribution in [2.75, 3.05) is 0 Å². The molecular weight excluding hydrogens is 253 g/mol. The highest BCUT2D eigenvalue weighted by atomic mass is 16.5. The third-order valence-corrected chi connectivity index (χ3v) is 2.97. The van der Waals surface area contributed by atoms with Gasteiger partial charge in [0, 0.05) is 0 Å². The van der Waals surface area contributed by atoms with Gasteiger partial charge in [-0.1, -0.05) is 24.3 Å². The zero-order valence-corrected chi connectivity index (χ0v) is 11.1. The summed E-state index contributed by atoms with van der Waals surface area (Å²) in [5.41, 5.74) is 2.86. The van der Waals surface area contributed by atoms with Crippen molar-refractivity contribution in [3.8, 4) is 11.8 Å². The molecule has 0 aliphatic heterocycles. The molecule has 0 spiro atoms. The molecule has 20 heavy (non-hydrogen) atoms. The molecule has 0 radical (unpaired) electrons. The Kier molecular flexibility index (Phi) is 4.41. The van der Waals surface area contributed by atoms with Crippen LogP contribution < -0.4 is 10.2 Å². The van der Waals surface area contributed by atoms with Gasteiger partial charge in [-0.3, -0.25) is 0 Å². The Hall–Kier alpha value is -2.29. The van der Waals surface area contributed by atoms with Crippen molar-refractivity contribution in [2.24, 2.45) is 0 Å². The molecule has 100 valence electrons. The number of nitrogens with zero attached hydrogens (tertiary/aromatic N) is 1. The van der Waals surface area contributed by atoms with Crippen molar-refractivity contribution < 1.29 is 14.8 Å². The highest BCUT2D eigenvalue weighted by molar-refractivity contribution is 6.58. The smallest absolute Gasteiger partial charge is 0.488 e. The molecule has 0 aliphatic rings. The molecule has 0 saturated heterocycles. The second-order valence-corrected chi connectivity index (χ2v) is 4.50. The van der Waals surface area contributed by atoms with Gasteiger partial charge in [0.15, 0.2) is 0 Å². The molecule has 0 bridgehead atoms. The lowest BCUT2D eigenvalue weighted by atomic mass is 9.79. The predicted molar refractivity (Wildman–Crippen MR) is 76.5 cm³/mol. The Labute approximate surface area is 118 Å². The summed E-state index contributed by atoms with van der Waals surface area (Å²) in [6.07, 6.45) is 0. The number of benzene rings is 2. The van der Waals surface area contributed by atoms with Crippen molar-refractivity contribution >= 4 is 12.6 Å². The maximum absolute atomic E-state index is 9.08. The van der Waals surface area contributed by atoms with E-state index >= 15 is 0 Å². The Morgan fingerprint density at radius 1 is 1.15 bits per heavy atom. The lowest BCUT2D eigenvalue weighted by Gasteiger charge is -2.10. The van der Waals surface area contributed by atoms with E-state index in [0.29, 0.717) is 23.4 Å². The van der Waals surface area contributed by atoms with Gasteiger partial charge < -0.3 is 14.8 Å². The summed E-state index contributed by atoms with van der Waals surface area (Å²) in [5.74, 6) is 0.693. The summed E-state index contributed by atoms with van der Waals surface area (Å²) in [5, 5.41) is 26.9. The van der Waals surface area contributed by atoms with Crippen LogP contribution in [0, 0.1) is 18.3 Å². The zero-order valence-electron chi connectivity index (χ0n) is 11.1. The van der Waals surface area contributed by atoms with E-state index in [1.54, 1.807) is 30.3 Å². The predicted octanol–water partition coefficient (Wildman–Crippen LogP) is 1.13. The van der Waals surface area contributed by atoms with Crippen LogP contribution in [0.5, 0.6) is 5.75 Å². The van der Waals surface area contributed by atoms with Crippen LogP contribution in [0.15, 0.2) is 42.5 Å². The first-order valence-corrected chi connectivity index (χ1v) is 6.18. The molecule has 0 fully saturated rings. The first-order valence-electron chi connectivity index (χ1n) is 6.18. The molecule has 2 N–H and O–H groups in total. The van der Waals surface area contributed by atoms with E-state index in [9.17, 15) is 0 Å². The van der Waals surface area contributed by atoms with E-state index in [-0.39, 0.29) is 0 Å². The normalized spacial score (nSPS) is 9.90. The van der Waals surface area contributed by atoms with E-state index in [1.807, 2.05) is 19.1 Å². The number of hydrogen-bond acceptors (Lipinski definition) is 4. The first kappa shape index (κ1) is 14.1. The molecule has 0 aromatic heterocycles. The van der Waals surface area contributed by atoms with Crippen LogP contribution in [-0.2, 0) is 6.61 Å². The molecule has 0 unspecified atom stereocenters. The second-order valence-electron chi connectivity index (χ2n) is 4.50. The fraction of sp³-hybridized carbons (Fsp3) is 0.133. The number of aryl methyl sites for hydroxylation is 1. The second kappa shape index (κ2) is 6.24. The highest BCUT2D eigenvalue weighted by Crippen LogP contribution is 2.17. The molecule has 0 heterocycles. The zero-order chi connectivity index (χ0) is 14.5. The Morgan fingerprint density at radius 2 is 1.85 bits per heavy atom. The molecule has 2 aromatic rings. The van der Waals surface area contributed by atoms with Crippen LogP contribution in [0.2, 0.25) is 0 Å².